The fourth-order valence-electron chi connectivity index (χ4n) is 1.39. The van der Waals surface area contributed by atoms with E-state index in [0.29, 0.717) is 6.04 Å². The highest BCUT2D eigenvalue weighted by molar-refractivity contribution is 7.80. The molecule has 16 heavy (non-hydrogen) atoms. The topological polar surface area (TPSA) is 15.3 Å². The van der Waals surface area contributed by atoms with Crippen LogP contribution in [-0.2, 0) is 0 Å². The van der Waals surface area contributed by atoms with E-state index in [0.717, 1.165) is 11.7 Å². The zero-order valence-electron chi connectivity index (χ0n) is 10.2. The number of thiocarbonyl (C=S) groups is 1. The lowest BCUT2D eigenvalue weighted by Gasteiger charge is -2.27. The van der Waals surface area contributed by atoms with Crippen LogP contribution in [0.15, 0.2) is 17.5 Å². The van der Waals surface area contributed by atoms with Gasteiger partial charge in [-0.2, -0.15) is 0 Å². The van der Waals surface area contributed by atoms with Crippen molar-refractivity contribution >= 4 is 28.7 Å². The Bertz CT molecular complexity index is 309. The average molecular weight is 256 g/mol. The van der Waals surface area contributed by atoms with E-state index in [1.54, 1.807) is 11.3 Å². The lowest BCUT2D eigenvalue weighted by molar-refractivity contribution is 0.400. The number of unbranched alkanes of at least 4 members (excludes halogenated alkanes) is 1. The van der Waals surface area contributed by atoms with Gasteiger partial charge in [0.15, 0.2) is 5.11 Å². The molecule has 2 nitrogen and oxygen atoms in total. The molecule has 0 aliphatic heterocycles. The second-order valence-electron chi connectivity index (χ2n) is 3.89. The summed E-state index contributed by atoms with van der Waals surface area (Å²) in [5, 5.41) is 6.23. The van der Waals surface area contributed by atoms with Crippen molar-refractivity contribution in [1.82, 2.24) is 10.2 Å². The third kappa shape index (κ3) is 3.76. The van der Waals surface area contributed by atoms with Crippen LogP contribution in [0.2, 0.25) is 0 Å². The Morgan fingerprint density at radius 1 is 1.62 bits per heavy atom. The smallest absolute Gasteiger partial charge is 0.169 e. The summed E-state index contributed by atoms with van der Waals surface area (Å²) >= 11 is 7.14. The van der Waals surface area contributed by atoms with Crippen LogP contribution in [0.4, 0.5) is 0 Å². The maximum atomic E-state index is 5.36. The normalized spacial score (nSPS) is 12.2. The number of nitrogens with one attached hydrogen (secondary N) is 1. The maximum absolute atomic E-state index is 5.36. The van der Waals surface area contributed by atoms with Crippen molar-refractivity contribution in [1.29, 1.82) is 0 Å². The number of hydrogen-bond acceptors (Lipinski definition) is 2. The summed E-state index contributed by atoms with van der Waals surface area (Å²) in [6.07, 6.45) is 2.36. The highest BCUT2D eigenvalue weighted by atomic mass is 32.1. The van der Waals surface area contributed by atoms with Crippen LogP contribution in [0.25, 0.3) is 0 Å². The van der Waals surface area contributed by atoms with Gasteiger partial charge in [0.25, 0.3) is 0 Å². The van der Waals surface area contributed by atoms with Crippen molar-refractivity contribution in [3.63, 3.8) is 0 Å². The molecule has 0 amide bonds. The summed E-state index contributed by atoms with van der Waals surface area (Å²) in [6.45, 7) is 5.33. The molecule has 1 aromatic heterocycles. The van der Waals surface area contributed by atoms with Gasteiger partial charge in [0, 0.05) is 18.5 Å². The SMILES string of the molecule is CCCCNC(=S)N(C)C(C)c1cccs1. The first-order valence-corrected chi connectivity index (χ1v) is 6.99. The van der Waals surface area contributed by atoms with Gasteiger partial charge < -0.3 is 10.2 Å². The van der Waals surface area contributed by atoms with Crippen LogP contribution >= 0.6 is 23.6 Å². The van der Waals surface area contributed by atoms with Crippen LogP contribution in [0.3, 0.4) is 0 Å². The fraction of sp³-hybridized carbons (Fsp3) is 0.583. The Labute approximate surface area is 108 Å². The standard InChI is InChI=1S/C12H20N2S2/c1-4-5-8-13-12(15)14(3)10(2)11-7-6-9-16-11/h6-7,9-10H,4-5,8H2,1-3H3,(H,13,15). The maximum Gasteiger partial charge on any atom is 0.169 e. The Morgan fingerprint density at radius 3 is 2.94 bits per heavy atom. The molecule has 1 atom stereocenters. The van der Waals surface area contributed by atoms with Crippen LogP contribution < -0.4 is 5.32 Å². The molecular weight excluding hydrogens is 236 g/mol. The molecule has 0 saturated carbocycles. The van der Waals surface area contributed by atoms with E-state index in [1.807, 2.05) is 7.05 Å². The Kier molecular flexibility index (Phi) is 5.77. The molecule has 1 N–H and O–H groups in total. The average Bonchev–Trinajstić information content (AvgIpc) is 2.80. The van der Waals surface area contributed by atoms with Crippen molar-refractivity contribution < 1.29 is 0 Å². The first-order valence-electron chi connectivity index (χ1n) is 5.70. The predicted octanol–water partition coefficient (Wildman–Crippen LogP) is 3.42. The third-order valence-corrected chi connectivity index (χ3v) is 4.14. The van der Waals surface area contributed by atoms with Crippen molar-refractivity contribution in [3.05, 3.63) is 22.4 Å². The van der Waals surface area contributed by atoms with Crippen molar-refractivity contribution in [3.8, 4) is 0 Å². The van der Waals surface area contributed by atoms with Crippen molar-refractivity contribution in [2.45, 2.75) is 32.7 Å². The summed E-state index contributed by atoms with van der Waals surface area (Å²) in [5.41, 5.74) is 0. The Balaban J connectivity index is 2.44. The lowest BCUT2D eigenvalue weighted by Crippen LogP contribution is -2.38. The third-order valence-electron chi connectivity index (χ3n) is 2.66. The zero-order valence-corrected chi connectivity index (χ0v) is 11.8. The Morgan fingerprint density at radius 2 is 2.38 bits per heavy atom. The number of hydrogen-bond donors (Lipinski definition) is 1. The number of thiophene rings is 1. The van der Waals surface area contributed by atoms with E-state index in [1.165, 1.54) is 17.7 Å². The molecule has 0 spiro atoms. The molecule has 4 heteroatoms. The van der Waals surface area contributed by atoms with Crippen LogP contribution in [0, 0.1) is 0 Å². The zero-order chi connectivity index (χ0) is 12.0. The summed E-state index contributed by atoms with van der Waals surface area (Å²) < 4.78 is 0. The molecule has 0 bridgehead atoms. The van der Waals surface area contributed by atoms with Gasteiger partial charge in [-0.05, 0) is 37.0 Å². The number of rotatable bonds is 5. The number of nitrogens with zero attached hydrogens (tertiary/aromatic N) is 1. The van der Waals surface area contributed by atoms with Gasteiger partial charge in [0.05, 0.1) is 6.04 Å². The molecule has 0 fully saturated rings. The van der Waals surface area contributed by atoms with E-state index in [2.05, 4.69) is 41.6 Å². The van der Waals surface area contributed by atoms with Gasteiger partial charge in [-0.25, -0.2) is 0 Å². The van der Waals surface area contributed by atoms with Gasteiger partial charge in [-0.15, -0.1) is 11.3 Å². The van der Waals surface area contributed by atoms with Crippen molar-refractivity contribution in [2.75, 3.05) is 13.6 Å². The van der Waals surface area contributed by atoms with E-state index in [4.69, 9.17) is 12.2 Å². The molecule has 1 rings (SSSR count). The molecule has 1 aromatic rings. The monoisotopic (exact) mass is 256 g/mol. The molecule has 0 aromatic carbocycles. The van der Waals surface area contributed by atoms with E-state index in [9.17, 15) is 0 Å². The highest BCUT2D eigenvalue weighted by Gasteiger charge is 2.14. The van der Waals surface area contributed by atoms with E-state index in [-0.39, 0.29) is 0 Å². The first-order chi connectivity index (χ1) is 7.66. The molecule has 1 heterocycles. The Hall–Kier alpha value is -0.610. The van der Waals surface area contributed by atoms with Gasteiger partial charge in [-0.3, -0.25) is 0 Å². The molecule has 0 aliphatic carbocycles. The molecule has 0 radical (unpaired) electrons. The van der Waals surface area contributed by atoms with Gasteiger partial charge in [0.2, 0.25) is 0 Å². The van der Waals surface area contributed by atoms with Gasteiger partial charge >= 0.3 is 0 Å². The van der Waals surface area contributed by atoms with Crippen LogP contribution in [0.1, 0.15) is 37.6 Å². The minimum Gasteiger partial charge on any atom is -0.363 e. The quantitative estimate of drug-likeness (QED) is 0.642. The first kappa shape index (κ1) is 13.5. The minimum atomic E-state index is 0.349. The summed E-state index contributed by atoms with van der Waals surface area (Å²) in [5.74, 6) is 0. The minimum absolute atomic E-state index is 0.349. The summed E-state index contributed by atoms with van der Waals surface area (Å²) in [4.78, 5) is 3.47. The van der Waals surface area contributed by atoms with Crippen LogP contribution in [-0.4, -0.2) is 23.6 Å². The van der Waals surface area contributed by atoms with E-state index < -0.39 is 0 Å². The molecule has 90 valence electrons. The molecule has 0 saturated heterocycles. The fourth-order valence-corrected chi connectivity index (χ4v) is 2.48. The molecular formula is C12H20N2S2. The summed E-state index contributed by atoms with van der Waals surface area (Å²) in [7, 11) is 2.05. The van der Waals surface area contributed by atoms with Crippen molar-refractivity contribution in [2.24, 2.45) is 0 Å². The predicted molar refractivity (Wildman–Crippen MR) is 76.0 cm³/mol. The second kappa shape index (κ2) is 6.86. The summed E-state index contributed by atoms with van der Waals surface area (Å²) in [6, 6.07) is 4.58. The highest BCUT2D eigenvalue weighted by Crippen LogP contribution is 2.23. The van der Waals surface area contributed by atoms with E-state index >= 15 is 0 Å². The lowest BCUT2D eigenvalue weighted by atomic mass is 10.2. The molecule has 1 unspecified atom stereocenters. The second-order valence-corrected chi connectivity index (χ2v) is 5.25. The van der Waals surface area contributed by atoms with Gasteiger partial charge in [-0.1, -0.05) is 19.4 Å². The van der Waals surface area contributed by atoms with Gasteiger partial charge in [0.1, 0.15) is 0 Å². The largest absolute Gasteiger partial charge is 0.363 e. The van der Waals surface area contributed by atoms with Crippen LogP contribution in [0.5, 0.6) is 0 Å². The molecule has 0 aliphatic rings.